The van der Waals surface area contributed by atoms with Crippen LogP contribution in [0.1, 0.15) is 15.8 Å². The zero-order valence-electron chi connectivity index (χ0n) is 8.91. The predicted octanol–water partition coefficient (Wildman–Crippen LogP) is 4.88. The van der Waals surface area contributed by atoms with E-state index in [4.69, 9.17) is 27.9 Å². The lowest BCUT2D eigenvalue weighted by Gasteiger charge is -2.13. The number of thiophene rings is 1. The molecule has 0 N–H and O–H groups in total. The van der Waals surface area contributed by atoms with E-state index in [9.17, 15) is 4.39 Å². The summed E-state index contributed by atoms with van der Waals surface area (Å²) in [4.78, 5) is 0.792. The zero-order chi connectivity index (χ0) is 12.4. The highest BCUT2D eigenvalue weighted by Crippen LogP contribution is 2.40. The third kappa shape index (κ3) is 2.57. The normalized spacial score (nSPS) is 12.5. The van der Waals surface area contributed by atoms with Gasteiger partial charge < -0.3 is 4.74 Å². The monoisotopic (exact) mass is 290 g/mol. The topological polar surface area (TPSA) is 9.23 Å². The molecule has 0 aliphatic heterocycles. The second-order valence-corrected chi connectivity index (χ2v) is 5.54. The predicted molar refractivity (Wildman–Crippen MR) is 70.0 cm³/mol. The van der Waals surface area contributed by atoms with E-state index in [1.165, 1.54) is 24.5 Å². The first-order chi connectivity index (χ1) is 8.13. The standard InChI is InChI=1S/C12H9Cl2FOS/c1-16-8-4-2-3-7(15)11(8)12(14)9-5-6-10(13)17-9/h2-6,12H,1H3. The number of benzene rings is 1. The molecule has 17 heavy (non-hydrogen) atoms. The molecule has 2 rings (SSSR count). The van der Waals surface area contributed by atoms with Crippen LogP contribution in [0.3, 0.4) is 0 Å². The molecule has 2 aromatic rings. The molecule has 0 amide bonds. The Morgan fingerprint density at radius 1 is 1.29 bits per heavy atom. The van der Waals surface area contributed by atoms with E-state index >= 15 is 0 Å². The van der Waals surface area contributed by atoms with Gasteiger partial charge in [-0.2, -0.15) is 0 Å². The number of hydrogen-bond acceptors (Lipinski definition) is 2. The molecule has 0 aliphatic carbocycles. The molecule has 0 bridgehead atoms. The van der Waals surface area contributed by atoms with Gasteiger partial charge in [0.05, 0.1) is 22.4 Å². The quantitative estimate of drug-likeness (QED) is 0.732. The molecule has 1 atom stereocenters. The van der Waals surface area contributed by atoms with Crippen LogP contribution in [-0.2, 0) is 0 Å². The summed E-state index contributed by atoms with van der Waals surface area (Å²) in [7, 11) is 1.49. The minimum Gasteiger partial charge on any atom is -0.496 e. The number of methoxy groups -OCH3 is 1. The van der Waals surface area contributed by atoms with Gasteiger partial charge in [-0.25, -0.2) is 4.39 Å². The van der Waals surface area contributed by atoms with Gasteiger partial charge in [0.1, 0.15) is 11.6 Å². The lowest BCUT2D eigenvalue weighted by molar-refractivity contribution is 0.405. The Bertz CT molecular complexity index is 527. The van der Waals surface area contributed by atoms with Gasteiger partial charge >= 0.3 is 0 Å². The van der Waals surface area contributed by atoms with Crippen molar-refractivity contribution in [2.24, 2.45) is 0 Å². The number of ether oxygens (including phenoxy) is 1. The van der Waals surface area contributed by atoms with E-state index in [0.717, 1.165) is 4.88 Å². The summed E-state index contributed by atoms with van der Waals surface area (Å²) in [6, 6.07) is 8.16. The number of hydrogen-bond donors (Lipinski definition) is 0. The van der Waals surface area contributed by atoms with Crippen molar-refractivity contribution < 1.29 is 9.13 Å². The van der Waals surface area contributed by atoms with Crippen LogP contribution in [0.4, 0.5) is 4.39 Å². The number of alkyl halides is 1. The molecule has 1 aromatic carbocycles. The van der Waals surface area contributed by atoms with E-state index in [0.29, 0.717) is 15.6 Å². The Balaban J connectivity index is 2.46. The van der Waals surface area contributed by atoms with Crippen molar-refractivity contribution in [3.8, 4) is 5.75 Å². The van der Waals surface area contributed by atoms with E-state index in [2.05, 4.69) is 0 Å². The summed E-state index contributed by atoms with van der Waals surface area (Å²) in [6.07, 6.45) is 0. The lowest BCUT2D eigenvalue weighted by atomic mass is 10.1. The van der Waals surface area contributed by atoms with Crippen molar-refractivity contribution in [1.29, 1.82) is 0 Å². The highest BCUT2D eigenvalue weighted by atomic mass is 35.5. The Labute approximate surface area is 113 Å². The van der Waals surface area contributed by atoms with Gasteiger partial charge in [-0.1, -0.05) is 17.7 Å². The van der Waals surface area contributed by atoms with Gasteiger partial charge in [0.2, 0.25) is 0 Å². The third-order valence-electron chi connectivity index (χ3n) is 2.33. The van der Waals surface area contributed by atoms with Gasteiger partial charge in [0, 0.05) is 4.88 Å². The van der Waals surface area contributed by atoms with Crippen molar-refractivity contribution in [2.45, 2.75) is 5.38 Å². The zero-order valence-corrected chi connectivity index (χ0v) is 11.2. The van der Waals surface area contributed by atoms with E-state index < -0.39 is 5.38 Å². The van der Waals surface area contributed by atoms with Gasteiger partial charge in [0.25, 0.3) is 0 Å². The molecule has 0 saturated heterocycles. The molecule has 0 saturated carbocycles. The van der Waals surface area contributed by atoms with Crippen LogP contribution in [0, 0.1) is 5.82 Å². The summed E-state index contributed by atoms with van der Waals surface area (Å²) in [5.74, 6) is 0.0587. The van der Waals surface area contributed by atoms with Crippen molar-refractivity contribution in [3.05, 3.63) is 50.9 Å². The lowest BCUT2D eigenvalue weighted by Crippen LogP contribution is -1.99. The van der Waals surface area contributed by atoms with Gasteiger partial charge in [-0.05, 0) is 24.3 Å². The number of halogens is 3. The molecule has 0 fully saturated rings. The van der Waals surface area contributed by atoms with Crippen molar-refractivity contribution >= 4 is 34.5 Å². The van der Waals surface area contributed by atoms with Crippen molar-refractivity contribution in [1.82, 2.24) is 0 Å². The summed E-state index contributed by atoms with van der Waals surface area (Å²) in [5.41, 5.74) is 0.343. The molecular weight excluding hydrogens is 282 g/mol. The van der Waals surface area contributed by atoms with Crippen LogP contribution in [0.25, 0.3) is 0 Å². The molecule has 0 aliphatic rings. The summed E-state index contributed by atoms with van der Waals surface area (Å²) in [5, 5.41) is -0.594. The Kier molecular flexibility index (Phi) is 3.92. The van der Waals surface area contributed by atoms with E-state index in [1.54, 1.807) is 24.3 Å². The smallest absolute Gasteiger partial charge is 0.131 e. The second-order valence-electron chi connectivity index (χ2n) is 3.36. The summed E-state index contributed by atoms with van der Waals surface area (Å²) >= 11 is 13.4. The van der Waals surface area contributed by atoms with E-state index in [-0.39, 0.29) is 5.82 Å². The molecule has 1 heterocycles. The minimum atomic E-state index is -0.594. The molecule has 90 valence electrons. The van der Waals surface area contributed by atoms with Crippen LogP contribution in [-0.4, -0.2) is 7.11 Å². The first-order valence-electron chi connectivity index (χ1n) is 4.85. The summed E-state index contributed by atoms with van der Waals surface area (Å²) < 4.78 is 19.5. The Morgan fingerprint density at radius 2 is 2.06 bits per heavy atom. The highest BCUT2D eigenvalue weighted by molar-refractivity contribution is 7.16. The largest absolute Gasteiger partial charge is 0.496 e. The average molecular weight is 291 g/mol. The van der Waals surface area contributed by atoms with Crippen LogP contribution in [0.5, 0.6) is 5.75 Å². The maximum Gasteiger partial charge on any atom is 0.131 e. The molecule has 0 spiro atoms. The van der Waals surface area contributed by atoms with Crippen LogP contribution < -0.4 is 4.74 Å². The minimum absolute atomic E-state index is 0.343. The van der Waals surface area contributed by atoms with Crippen molar-refractivity contribution in [2.75, 3.05) is 7.11 Å². The van der Waals surface area contributed by atoms with Gasteiger partial charge in [0.15, 0.2) is 0 Å². The number of rotatable bonds is 3. The van der Waals surface area contributed by atoms with Crippen LogP contribution in [0.2, 0.25) is 4.34 Å². The molecule has 0 radical (unpaired) electrons. The first-order valence-corrected chi connectivity index (χ1v) is 6.48. The fourth-order valence-corrected chi connectivity index (χ4v) is 3.02. The maximum absolute atomic E-state index is 13.8. The second kappa shape index (κ2) is 5.25. The fraction of sp³-hybridized carbons (Fsp3) is 0.167. The Morgan fingerprint density at radius 3 is 2.65 bits per heavy atom. The Hall–Kier alpha value is -0.770. The highest BCUT2D eigenvalue weighted by Gasteiger charge is 2.21. The van der Waals surface area contributed by atoms with Crippen LogP contribution in [0.15, 0.2) is 30.3 Å². The fourth-order valence-electron chi connectivity index (χ4n) is 1.55. The molecule has 1 aromatic heterocycles. The SMILES string of the molecule is COc1cccc(F)c1C(Cl)c1ccc(Cl)s1. The molecule has 1 unspecified atom stereocenters. The van der Waals surface area contributed by atoms with Gasteiger partial charge in [-0.3, -0.25) is 0 Å². The van der Waals surface area contributed by atoms with Crippen molar-refractivity contribution in [3.63, 3.8) is 0 Å². The summed E-state index contributed by atoms with van der Waals surface area (Å²) in [6.45, 7) is 0. The first kappa shape index (κ1) is 12.7. The average Bonchev–Trinajstić information content (AvgIpc) is 2.74. The molecule has 1 nitrogen and oxygen atoms in total. The molecular formula is C12H9Cl2FOS. The molecule has 5 heteroatoms. The third-order valence-corrected chi connectivity index (χ3v) is 4.21. The maximum atomic E-state index is 13.8. The van der Waals surface area contributed by atoms with Crippen LogP contribution >= 0.6 is 34.5 Å². The van der Waals surface area contributed by atoms with Gasteiger partial charge in [-0.15, -0.1) is 22.9 Å². The van der Waals surface area contributed by atoms with E-state index in [1.807, 2.05) is 0 Å².